The number of amides is 2. The van der Waals surface area contributed by atoms with Crippen LogP contribution in [0.4, 0.5) is 10.5 Å². The molecule has 0 spiro atoms. The molecule has 3 heterocycles. The first-order chi connectivity index (χ1) is 15.0. The molecule has 1 aliphatic carbocycles. The smallest absolute Gasteiger partial charge is 0.414 e. The number of ether oxygens (including phenoxy) is 1. The predicted octanol–water partition coefficient (Wildman–Crippen LogP) is 0.368. The van der Waals surface area contributed by atoms with Crippen molar-refractivity contribution in [3.63, 3.8) is 0 Å². The second-order valence-electron chi connectivity index (χ2n) is 7.93. The van der Waals surface area contributed by atoms with Crippen LogP contribution in [0.1, 0.15) is 24.4 Å². The molecule has 2 saturated heterocycles. The highest BCUT2D eigenvalue weighted by molar-refractivity contribution is 5.90. The Labute approximate surface area is 178 Å². The van der Waals surface area contributed by atoms with Crippen molar-refractivity contribution in [3.8, 4) is 0 Å². The Hall–Kier alpha value is -3.59. The number of aryl methyl sites for hydroxylation is 1. The first kappa shape index (κ1) is 19.4. The van der Waals surface area contributed by atoms with E-state index in [-0.39, 0.29) is 24.0 Å². The van der Waals surface area contributed by atoms with E-state index in [9.17, 15) is 9.59 Å². The lowest BCUT2D eigenvalue weighted by Gasteiger charge is -2.14. The number of fused-ring (bicyclic) bond motifs is 2. The topological polar surface area (TPSA) is 109 Å². The monoisotopic (exact) mass is 421 g/mol. The molecule has 1 aromatic carbocycles. The molecule has 0 bridgehead atoms. The van der Waals surface area contributed by atoms with E-state index in [0.717, 1.165) is 33.3 Å². The number of carbonyl (C=O) groups excluding carboxylic acids is 2. The third-order valence-corrected chi connectivity index (χ3v) is 5.70. The lowest BCUT2D eigenvalue weighted by molar-refractivity contribution is -0.119. The number of hydrogen-bond donors (Lipinski definition) is 3. The summed E-state index contributed by atoms with van der Waals surface area (Å²) in [6, 6.07) is 7.80. The fourth-order valence-electron chi connectivity index (χ4n) is 4.22. The quantitative estimate of drug-likeness (QED) is 0.654. The van der Waals surface area contributed by atoms with Crippen LogP contribution in [0.15, 0.2) is 40.9 Å². The molecule has 1 aromatic heterocycles. The van der Waals surface area contributed by atoms with Gasteiger partial charge in [-0.2, -0.15) is 0 Å². The molecule has 3 N–H and O–H groups in total. The number of carbonyl (C=O) groups is 2. The molecule has 2 amide bonds. The number of benzene rings is 1. The predicted molar refractivity (Wildman–Crippen MR) is 113 cm³/mol. The van der Waals surface area contributed by atoms with Crippen LogP contribution in [-0.4, -0.2) is 36.4 Å². The summed E-state index contributed by atoms with van der Waals surface area (Å²) >= 11 is 0. The van der Waals surface area contributed by atoms with Gasteiger partial charge in [0.05, 0.1) is 19.1 Å². The molecule has 9 nitrogen and oxygen atoms in total. The van der Waals surface area contributed by atoms with E-state index < -0.39 is 6.09 Å². The number of rotatable bonds is 4. The summed E-state index contributed by atoms with van der Waals surface area (Å²) in [6.07, 6.45) is 5.41. The van der Waals surface area contributed by atoms with Gasteiger partial charge in [0.1, 0.15) is 17.6 Å². The van der Waals surface area contributed by atoms with E-state index in [1.807, 2.05) is 43.3 Å². The van der Waals surface area contributed by atoms with Crippen molar-refractivity contribution in [2.24, 2.45) is 5.92 Å². The summed E-state index contributed by atoms with van der Waals surface area (Å²) in [4.78, 5) is 25.1. The second kappa shape index (κ2) is 7.59. The molecule has 2 aliphatic heterocycles. The van der Waals surface area contributed by atoms with Crippen molar-refractivity contribution in [2.45, 2.75) is 26.0 Å². The number of nitrogens with zero attached hydrogens (tertiary/aromatic N) is 2. The lowest BCUT2D eigenvalue weighted by atomic mass is 9.94. The van der Waals surface area contributed by atoms with Gasteiger partial charge in [-0.15, -0.1) is 0 Å². The maximum atomic E-state index is 12.4. The van der Waals surface area contributed by atoms with E-state index in [2.05, 4.69) is 27.4 Å². The molecule has 5 rings (SSSR count). The standard InChI is InChI=1S/C22H23N5O4/c1-12-8-19(26-31-12)21-18-5-3-4-14-9-15(6-7-17(14)20(18)24-25-21)27-11-16(30-22(27)29)10-23-13(2)28/h3-9,16,18,21,24-25H,10-11H2,1-2H3,(H,23,28). The summed E-state index contributed by atoms with van der Waals surface area (Å²) in [5, 5.41) is 8.91. The maximum Gasteiger partial charge on any atom is 0.414 e. The maximum absolute atomic E-state index is 12.4. The first-order valence-corrected chi connectivity index (χ1v) is 10.2. The van der Waals surface area contributed by atoms with Crippen molar-refractivity contribution >= 4 is 29.5 Å². The third-order valence-electron chi connectivity index (χ3n) is 5.70. The van der Waals surface area contributed by atoms with Crippen LogP contribution < -0.4 is 31.5 Å². The highest BCUT2D eigenvalue weighted by atomic mass is 16.6. The van der Waals surface area contributed by atoms with Crippen molar-refractivity contribution in [1.82, 2.24) is 21.3 Å². The minimum atomic E-state index is -0.410. The van der Waals surface area contributed by atoms with Gasteiger partial charge in [-0.1, -0.05) is 29.5 Å². The average Bonchev–Trinajstić information content (AvgIpc) is 3.42. The van der Waals surface area contributed by atoms with Crippen molar-refractivity contribution < 1.29 is 18.8 Å². The molecular formula is C22H23N5O4. The Kier molecular flexibility index (Phi) is 4.74. The Balaban J connectivity index is 1.44. The zero-order chi connectivity index (χ0) is 21.5. The SMILES string of the molecule is CC(=O)NCC1CN(c2ccc3c(c2)=CC=CC2C=3NNC2c2cc(C)on2)C(=O)O1. The molecule has 9 heteroatoms. The third kappa shape index (κ3) is 3.57. The van der Waals surface area contributed by atoms with Gasteiger partial charge in [-0.05, 0) is 24.3 Å². The van der Waals surface area contributed by atoms with Gasteiger partial charge in [-0.25, -0.2) is 10.2 Å². The Bertz CT molecular complexity index is 1200. The Morgan fingerprint density at radius 3 is 3.00 bits per heavy atom. The zero-order valence-corrected chi connectivity index (χ0v) is 17.2. The summed E-state index contributed by atoms with van der Waals surface area (Å²) in [6.45, 7) is 4.01. The molecule has 3 aliphatic rings. The highest BCUT2D eigenvalue weighted by Gasteiger charge is 2.35. The summed E-state index contributed by atoms with van der Waals surface area (Å²) < 4.78 is 10.6. The minimum Gasteiger partial charge on any atom is -0.442 e. The molecule has 31 heavy (non-hydrogen) atoms. The number of allylic oxidation sites excluding steroid dienone is 1. The van der Waals surface area contributed by atoms with Crippen LogP contribution in [0.5, 0.6) is 0 Å². The van der Waals surface area contributed by atoms with Crippen LogP contribution in [0.2, 0.25) is 0 Å². The highest BCUT2D eigenvalue weighted by Crippen LogP contribution is 2.32. The van der Waals surface area contributed by atoms with E-state index in [1.54, 1.807) is 4.90 Å². The van der Waals surface area contributed by atoms with Gasteiger partial charge in [0.15, 0.2) is 0 Å². The Morgan fingerprint density at radius 2 is 2.23 bits per heavy atom. The van der Waals surface area contributed by atoms with Crippen molar-refractivity contribution in [3.05, 3.63) is 58.3 Å². The first-order valence-electron chi connectivity index (χ1n) is 10.2. The van der Waals surface area contributed by atoms with Crippen LogP contribution >= 0.6 is 0 Å². The number of hydrogen-bond acceptors (Lipinski definition) is 7. The minimum absolute atomic E-state index is 0.0363. The van der Waals surface area contributed by atoms with Crippen LogP contribution in [0.3, 0.4) is 0 Å². The number of nitrogens with one attached hydrogen (secondary N) is 3. The number of cyclic esters (lactones) is 1. The Morgan fingerprint density at radius 1 is 1.35 bits per heavy atom. The largest absolute Gasteiger partial charge is 0.442 e. The van der Waals surface area contributed by atoms with Crippen LogP contribution in [0.25, 0.3) is 11.8 Å². The molecular weight excluding hydrogens is 398 g/mol. The van der Waals surface area contributed by atoms with E-state index in [0.29, 0.717) is 13.1 Å². The van der Waals surface area contributed by atoms with E-state index in [4.69, 9.17) is 9.26 Å². The molecule has 0 saturated carbocycles. The van der Waals surface area contributed by atoms with Crippen molar-refractivity contribution in [1.29, 1.82) is 0 Å². The van der Waals surface area contributed by atoms with Gasteiger partial charge in [-0.3, -0.25) is 9.69 Å². The van der Waals surface area contributed by atoms with E-state index in [1.165, 1.54) is 6.92 Å². The number of anilines is 1. The molecule has 3 unspecified atom stereocenters. The van der Waals surface area contributed by atoms with Gasteiger partial charge in [0, 0.05) is 35.5 Å². The molecule has 0 radical (unpaired) electrons. The molecule has 2 fully saturated rings. The van der Waals surface area contributed by atoms with E-state index >= 15 is 0 Å². The van der Waals surface area contributed by atoms with Crippen LogP contribution in [0, 0.1) is 12.8 Å². The van der Waals surface area contributed by atoms with Gasteiger partial charge >= 0.3 is 6.09 Å². The fraction of sp³-hybridized carbons (Fsp3) is 0.318. The van der Waals surface area contributed by atoms with Gasteiger partial charge < -0.3 is 20.0 Å². The normalized spacial score (nSPS) is 24.1. The fourth-order valence-corrected chi connectivity index (χ4v) is 4.22. The molecule has 160 valence electrons. The zero-order valence-electron chi connectivity index (χ0n) is 17.2. The average molecular weight is 421 g/mol. The summed E-state index contributed by atoms with van der Waals surface area (Å²) in [5.74, 6) is 0.699. The molecule has 3 atom stereocenters. The summed E-state index contributed by atoms with van der Waals surface area (Å²) in [5.41, 5.74) is 9.27. The summed E-state index contributed by atoms with van der Waals surface area (Å²) in [7, 11) is 0. The number of hydrazine groups is 1. The van der Waals surface area contributed by atoms with Gasteiger partial charge in [0.25, 0.3) is 0 Å². The van der Waals surface area contributed by atoms with Crippen LogP contribution in [-0.2, 0) is 9.53 Å². The number of aromatic nitrogens is 1. The van der Waals surface area contributed by atoms with Crippen molar-refractivity contribution in [2.75, 3.05) is 18.0 Å². The lowest BCUT2D eigenvalue weighted by Crippen LogP contribution is -2.35. The van der Waals surface area contributed by atoms with Gasteiger partial charge in [0.2, 0.25) is 5.91 Å². The molecule has 2 aromatic rings. The second-order valence-corrected chi connectivity index (χ2v) is 7.93.